The third kappa shape index (κ3) is 3.96. The molecule has 0 aromatic carbocycles. The SMILES string of the molecule is CCC1CCC(NC(=O)Cc2csc(-c3cccs3)n2)CC1. The summed E-state index contributed by atoms with van der Waals surface area (Å²) in [6.07, 6.45) is 6.42. The molecule has 2 aromatic rings. The summed E-state index contributed by atoms with van der Waals surface area (Å²) in [6, 6.07) is 4.46. The van der Waals surface area contributed by atoms with Crippen molar-refractivity contribution in [1.82, 2.24) is 10.3 Å². The molecule has 3 nitrogen and oxygen atoms in total. The van der Waals surface area contributed by atoms with Gasteiger partial charge in [0.05, 0.1) is 17.0 Å². The molecule has 0 saturated heterocycles. The molecule has 1 aliphatic rings. The lowest BCUT2D eigenvalue weighted by Gasteiger charge is -2.28. The third-order valence-electron chi connectivity index (χ3n) is 4.41. The van der Waals surface area contributed by atoms with Crippen LogP contribution in [0.1, 0.15) is 44.7 Å². The molecule has 0 bridgehead atoms. The minimum absolute atomic E-state index is 0.114. The molecular formula is C17H22N2OS2. The summed E-state index contributed by atoms with van der Waals surface area (Å²) in [7, 11) is 0. The van der Waals surface area contributed by atoms with E-state index in [4.69, 9.17) is 0 Å². The van der Waals surface area contributed by atoms with E-state index < -0.39 is 0 Å². The van der Waals surface area contributed by atoms with Gasteiger partial charge in [-0.15, -0.1) is 22.7 Å². The van der Waals surface area contributed by atoms with E-state index in [0.717, 1.165) is 29.5 Å². The van der Waals surface area contributed by atoms with Crippen LogP contribution in [-0.2, 0) is 11.2 Å². The van der Waals surface area contributed by atoms with Crippen molar-refractivity contribution in [2.45, 2.75) is 51.5 Å². The number of carbonyl (C=O) groups excluding carboxylic acids is 1. The fourth-order valence-electron chi connectivity index (χ4n) is 3.06. The number of nitrogens with one attached hydrogen (secondary N) is 1. The van der Waals surface area contributed by atoms with Crippen LogP contribution in [-0.4, -0.2) is 16.9 Å². The summed E-state index contributed by atoms with van der Waals surface area (Å²) in [4.78, 5) is 17.9. The molecule has 2 aromatic heterocycles. The smallest absolute Gasteiger partial charge is 0.226 e. The molecule has 0 aliphatic heterocycles. The van der Waals surface area contributed by atoms with Crippen molar-refractivity contribution in [1.29, 1.82) is 0 Å². The maximum Gasteiger partial charge on any atom is 0.226 e. The Morgan fingerprint density at radius 3 is 2.82 bits per heavy atom. The van der Waals surface area contributed by atoms with Crippen LogP contribution in [0.4, 0.5) is 0 Å². The molecule has 0 atom stereocenters. The average Bonchev–Trinajstić information content (AvgIpc) is 3.19. The highest BCUT2D eigenvalue weighted by Crippen LogP contribution is 2.28. The zero-order chi connectivity index (χ0) is 15.4. The van der Waals surface area contributed by atoms with E-state index in [0.29, 0.717) is 12.5 Å². The fourth-order valence-corrected chi connectivity index (χ4v) is 4.69. The van der Waals surface area contributed by atoms with Gasteiger partial charge >= 0.3 is 0 Å². The number of rotatable bonds is 5. The van der Waals surface area contributed by atoms with Crippen LogP contribution in [0.25, 0.3) is 9.88 Å². The molecule has 0 unspecified atom stereocenters. The maximum absolute atomic E-state index is 12.2. The van der Waals surface area contributed by atoms with Gasteiger partial charge in [-0.1, -0.05) is 19.4 Å². The van der Waals surface area contributed by atoms with Gasteiger partial charge in [0.15, 0.2) is 0 Å². The molecular weight excluding hydrogens is 312 g/mol. The van der Waals surface area contributed by atoms with Gasteiger partial charge in [0, 0.05) is 11.4 Å². The van der Waals surface area contributed by atoms with Crippen LogP contribution < -0.4 is 5.32 Å². The van der Waals surface area contributed by atoms with E-state index in [1.807, 2.05) is 11.4 Å². The average molecular weight is 335 g/mol. The Morgan fingerprint density at radius 1 is 1.32 bits per heavy atom. The highest BCUT2D eigenvalue weighted by atomic mass is 32.1. The number of thiophene rings is 1. The van der Waals surface area contributed by atoms with Gasteiger partial charge in [-0.3, -0.25) is 4.79 Å². The van der Waals surface area contributed by atoms with E-state index in [1.54, 1.807) is 22.7 Å². The highest BCUT2D eigenvalue weighted by molar-refractivity contribution is 7.20. The standard InChI is InChI=1S/C17H22N2OS2/c1-2-12-5-7-13(8-6-12)18-16(20)10-14-11-22-17(19-14)15-4-3-9-21-15/h3-4,9,11-13H,2,5-8,10H2,1H3,(H,18,20). The second kappa shape index (κ2) is 7.38. The van der Waals surface area contributed by atoms with Crippen LogP contribution in [0.15, 0.2) is 22.9 Å². The number of thiazole rings is 1. The summed E-state index contributed by atoms with van der Waals surface area (Å²) in [5.41, 5.74) is 0.883. The number of aromatic nitrogens is 1. The van der Waals surface area contributed by atoms with Crippen LogP contribution in [0.5, 0.6) is 0 Å². The zero-order valence-electron chi connectivity index (χ0n) is 12.9. The lowest BCUT2D eigenvalue weighted by atomic mass is 9.84. The third-order valence-corrected chi connectivity index (χ3v) is 6.34. The molecule has 1 saturated carbocycles. The summed E-state index contributed by atoms with van der Waals surface area (Å²) < 4.78 is 0. The summed E-state index contributed by atoms with van der Waals surface area (Å²) >= 11 is 3.30. The van der Waals surface area contributed by atoms with Crippen LogP contribution in [0.3, 0.4) is 0 Å². The molecule has 1 aliphatic carbocycles. The molecule has 22 heavy (non-hydrogen) atoms. The van der Waals surface area contributed by atoms with E-state index in [-0.39, 0.29) is 5.91 Å². The quantitative estimate of drug-likeness (QED) is 0.875. The fraction of sp³-hybridized carbons (Fsp3) is 0.529. The number of carbonyl (C=O) groups is 1. The van der Waals surface area contributed by atoms with Crippen LogP contribution in [0.2, 0.25) is 0 Å². The largest absolute Gasteiger partial charge is 0.353 e. The molecule has 1 N–H and O–H groups in total. The van der Waals surface area contributed by atoms with Gasteiger partial charge in [-0.2, -0.15) is 0 Å². The summed E-state index contributed by atoms with van der Waals surface area (Å²) in [6.45, 7) is 2.26. The predicted molar refractivity (Wildman–Crippen MR) is 93.3 cm³/mol. The number of amides is 1. The first-order valence-corrected chi connectivity index (χ1v) is 9.78. The molecule has 5 heteroatoms. The molecule has 0 radical (unpaired) electrons. The topological polar surface area (TPSA) is 42.0 Å². The van der Waals surface area contributed by atoms with E-state index in [2.05, 4.69) is 28.7 Å². The van der Waals surface area contributed by atoms with Crippen molar-refractivity contribution in [3.05, 3.63) is 28.6 Å². The van der Waals surface area contributed by atoms with Crippen molar-refractivity contribution in [3.63, 3.8) is 0 Å². The maximum atomic E-state index is 12.2. The molecule has 118 valence electrons. The van der Waals surface area contributed by atoms with Gasteiger partial charge in [-0.25, -0.2) is 4.98 Å². The Labute approximate surface area is 139 Å². The Kier molecular flexibility index (Phi) is 5.26. The van der Waals surface area contributed by atoms with Crippen molar-refractivity contribution >= 4 is 28.6 Å². The first kappa shape index (κ1) is 15.7. The predicted octanol–water partition coefficient (Wildman–Crippen LogP) is 4.50. The normalized spacial score (nSPS) is 21.7. The second-order valence-corrected chi connectivity index (χ2v) is 7.80. The first-order chi connectivity index (χ1) is 10.7. The van der Waals surface area contributed by atoms with E-state index >= 15 is 0 Å². The molecule has 1 amide bonds. The monoisotopic (exact) mass is 334 g/mol. The Balaban J connectivity index is 1.50. The molecule has 3 rings (SSSR count). The number of hydrogen-bond acceptors (Lipinski definition) is 4. The zero-order valence-corrected chi connectivity index (χ0v) is 14.5. The van der Waals surface area contributed by atoms with E-state index in [1.165, 1.54) is 24.1 Å². The van der Waals surface area contributed by atoms with Gasteiger partial charge < -0.3 is 5.32 Å². The summed E-state index contributed by atoms with van der Waals surface area (Å²) in [5.74, 6) is 0.975. The molecule has 2 heterocycles. The van der Waals surface area contributed by atoms with Gasteiger partial charge in [0.2, 0.25) is 5.91 Å². The Bertz CT molecular complexity index is 598. The van der Waals surface area contributed by atoms with Gasteiger partial charge in [0.1, 0.15) is 5.01 Å². The van der Waals surface area contributed by atoms with Crippen molar-refractivity contribution in [2.75, 3.05) is 0 Å². The number of hydrogen-bond donors (Lipinski definition) is 1. The second-order valence-electron chi connectivity index (χ2n) is 5.99. The number of nitrogens with zero attached hydrogens (tertiary/aromatic N) is 1. The molecule has 1 fully saturated rings. The van der Waals surface area contributed by atoms with Crippen LogP contribution >= 0.6 is 22.7 Å². The van der Waals surface area contributed by atoms with Gasteiger partial charge in [-0.05, 0) is 43.0 Å². The minimum Gasteiger partial charge on any atom is -0.353 e. The van der Waals surface area contributed by atoms with Crippen molar-refractivity contribution in [2.24, 2.45) is 5.92 Å². The van der Waals surface area contributed by atoms with Crippen molar-refractivity contribution in [3.8, 4) is 9.88 Å². The molecule has 0 spiro atoms. The highest BCUT2D eigenvalue weighted by Gasteiger charge is 2.21. The van der Waals surface area contributed by atoms with Gasteiger partial charge in [0.25, 0.3) is 0 Å². The Hall–Kier alpha value is -1.20. The van der Waals surface area contributed by atoms with Crippen molar-refractivity contribution < 1.29 is 4.79 Å². The summed E-state index contributed by atoms with van der Waals surface area (Å²) in [5, 5.41) is 8.25. The lowest BCUT2D eigenvalue weighted by Crippen LogP contribution is -2.38. The van der Waals surface area contributed by atoms with E-state index in [9.17, 15) is 4.79 Å². The van der Waals surface area contributed by atoms with Crippen LogP contribution in [0, 0.1) is 5.92 Å². The minimum atomic E-state index is 0.114. The first-order valence-electron chi connectivity index (χ1n) is 8.02. The Morgan fingerprint density at radius 2 is 2.14 bits per heavy atom. The lowest BCUT2D eigenvalue weighted by molar-refractivity contribution is -0.121.